The van der Waals surface area contributed by atoms with Crippen molar-refractivity contribution in [1.82, 2.24) is 10.3 Å². The molecule has 0 unspecified atom stereocenters. The lowest BCUT2D eigenvalue weighted by Crippen LogP contribution is -2.31. The van der Waals surface area contributed by atoms with Crippen molar-refractivity contribution in [3.05, 3.63) is 88.3 Å². The summed E-state index contributed by atoms with van der Waals surface area (Å²) in [5.74, 6) is -0.0642. The van der Waals surface area contributed by atoms with Crippen molar-refractivity contribution in [3.63, 3.8) is 0 Å². The summed E-state index contributed by atoms with van der Waals surface area (Å²) in [6.45, 7) is -0.371. The molecule has 0 saturated heterocycles. The molecule has 1 amide bonds. The summed E-state index contributed by atoms with van der Waals surface area (Å²) >= 11 is 5.15. The molecule has 4 rings (SSSR count). The fraction of sp³-hybridized carbons (Fsp3) is 0.200. The third-order valence-electron chi connectivity index (χ3n) is 5.67. The van der Waals surface area contributed by atoms with Crippen LogP contribution in [-0.2, 0) is 11.2 Å². The van der Waals surface area contributed by atoms with Gasteiger partial charge in [0.25, 0.3) is 5.91 Å². The third kappa shape index (κ3) is 5.42. The Labute approximate surface area is 204 Å². The Bertz CT molecular complexity index is 1250. The number of pyridine rings is 1. The second kappa shape index (κ2) is 10.6. The molecule has 1 aliphatic rings. The number of aliphatic hydroxyl groups excluding tert-OH is 1. The van der Waals surface area contributed by atoms with E-state index < -0.39 is 28.9 Å². The summed E-state index contributed by atoms with van der Waals surface area (Å²) in [7, 11) is 0. The van der Waals surface area contributed by atoms with Crippen molar-refractivity contribution in [2.75, 3.05) is 23.8 Å². The lowest BCUT2D eigenvalue weighted by atomic mass is 9.98. The molecule has 9 heteroatoms. The van der Waals surface area contributed by atoms with Gasteiger partial charge in [0, 0.05) is 23.2 Å². The highest BCUT2D eigenvalue weighted by molar-refractivity contribution is 7.91. The molecule has 0 bridgehead atoms. The number of aliphatic hydroxyl groups is 1. The van der Waals surface area contributed by atoms with Crippen LogP contribution in [0.3, 0.4) is 0 Å². The molecule has 2 aromatic carbocycles. The molecule has 0 aliphatic carbocycles. The summed E-state index contributed by atoms with van der Waals surface area (Å²) in [4.78, 5) is 17.0. The average Bonchev–Trinajstić information content (AvgIpc) is 2.83. The minimum absolute atomic E-state index is 0.163. The van der Waals surface area contributed by atoms with Crippen molar-refractivity contribution >= 4 is 40.1 Å². The van der Waals surface area contributed by atoms with E-state index in [2.05, 4.69) is 10.3 Å². The molecule has 6 nitrogen and oxygen atoms in total. The minimum Gasteiger partial charge on any atom is -0.616 e. The molecule has 0 fully saturated rings. The van der Waals surface area contributed by atoms with Crippen LogP contribution in [0, 0.1) is 5.82 Å². The first-order valence-electron chi connectivity index (χ1n) is 10.6. The van der Waals surface area contributed by atoms with Gasteiger partial charge >= 0.3 is 0 Å². The zero-order chi connectivity index (χ0) is 24.2. The van der Waals surface area contributed by atoms with Gasteiger partial charge < -0.3 is 20.7 Å². The van der Waals surface area contributed by atoms with E-state index in [-0.39, 0.29) is 18.0 Å². The number of hydrogen-bond acceptors (Lipinski definition) is 5. The summed E-state index contributed by atoms with van der Waals surface area (Å²) in [5.41, 5.74) is 9.40. The van der Waals surface area contributed by atoms with Gasteiger partial charge in [-0.2, -0.15) is 0 Å². The molecule has 2 atom stereocenters. The molecule has 2 heterocycles. The topological polar surface area (TPSA) is 111 Å². The Hall–Kier alpha value is -2.91. The molecular formula is C25H23ClFN3O3S. The highest BCUT2D eigenvalue weighted by Gasteiger charge is 2.20. The van der Waals surface area contributed by atoms with E-state index in [1.165, 1.54) is 12.1 Å². The van der Waals surface area contributed by atoms with Crippen LogP contribution in [0.2, 0.25) is 5.02 Å². The van der Waals surface area contributed by atoms with Gasteiger partial charge in [-0.3, -0.25) is 4.79 Å². The smallest absolute Gasteiger partial charge is 0.254 e. The van der Waals surface area contributed by atoms with Gasteiger partial charge in [-0.1, -0.05) is 29.8 Å². The van der Waals surface area contributed by atoms with Gasteiger partial charge in [0.1, 0.15) is 23.1 Å². The first-order chi connectivity index (χ1) is 16.4. The largest absolute Gasteiger partial charge is 0.616 e. The Morgan fingerprint density at radius 3 is 2.76 bits per heavy atom. The Morgan fingerprint density at radius 1 is 1.26 bits per heavy atom. The minimum atomic E-state index is -0.841. The number of amides is 1. The molecular weight excluding hydrogens is 477 g/mol. The first-order valence-corrected chi connectivity index (χ1v) is 12.5. The first kappa shape index (κ1) is 24.2. The number of carbonyl (C=O) groups excluding carboxylic acids is 1. The molecule has 4 N–H and O–H groups in total. The molecule has 1 aliphatic heterocycles. The predicted molar refractivity (Wildman–Crippen MR) is 133 cm³/mol. The van der Waals surface area contributed by atoms with E-state index in [0.717, 1.165) is 11.1 Å². The fourth-order valence-electron chi connectivity index (χ4n) is 3.81. The standard InChI is InChI=1S/C25H23ClFN3O3S/c26-19-3-1-2-17(10-19)23(14-31)30-25(32)20-5-4-16(12-22(20)27)21-11-18(13-29-24(21)28)15-6-8-34(33)9-7-15/h1-6,10-13,23,31H,7-9,14H2,(H2,28,29)(H,30,32)/t23-,34+/m1/s1. The van der Waals surface area contributed by atoms with Gasteiger partial charge in [0.15, 0.2) is 0 Å². The number of nitrogens with zero attached hydrogens (tertiary/aromatic N) is 1. The van der Waals surface area contributed by atoms with Gasteiger partial charge in [-0.15, -0.1) is 0 Å². The zero-order valence-corrected chi connectivity index (χ0v) is 19.7. The van der Waals surface area contributed by atoms with Crippen molar-refractivity contribution in [2.45, 2.75) is 12.5 Å². The Morgan fingerprint density at radius 2 is 2.09 bits per heavy atom. The SMILES string of the molecule is Nc1ncc(C2=CC[S@+]([O-])CC2)cc1-c1ccc(C(=O)N[C@H](CO)c2cccc(Cl)c2)c(F)c1. The van der Waals surface area contributed by atoms with E-state index in [9.17, 15) is 18.8 Å². The number of halogens is 2. The van der Waals surface area contributed by atoms with Crippen LogP contribution in [0.25, 0.3) is 16.7 Å². The number of aromatic nitrogens is 1. The maximum Gasteiger partial charge on any atom is 0.254 e. The molecule has 176 valence electrons. The third-order valence-corrected chi connectivity index (χ3v) is 7.10. The number of nitrogens with two attached hydrogens (primary N) is 1. The van der Waals surface area contributed by atoms with Crippen molar-refractivity contribution in [1.29, 1.82) is 0 Å². The van der Waals surface area contributed by atoms with E-state index in [1.807, 2.05) is 12.1 Å². The van der Waals surface area contributed by atoms with Crippen LogP contribution < -0.4 is 11.1 Å². The maximum atomic E-state index is 15.0. The number of nitrogens with one attached hydrogen (secondary N) is 1. The van der Waals surface area contributed by atoms with Crippen LogP contribution in [-0.4, -0.2) is 38.7 Å². The molecule has 0 saturated carbocycles. The lowest BCUT2D eigenvalue weighted by Gasteiger charge is -2.18. The van der Waals surface area contributed by atoms with Crippen LogP contribution in [0.4, 0.5) is 10.2 Å². The fourth-order valence-corrected chi connectivity index (χ4v) is 5.01. The van der Waals surface area contributed by atoms with E-state index >= 15 is 0 Å². The summed E-state index contributed by atoms with van der Waals surface area (Å²) in [6, 6.07) is 12.0. The summed E-state index contributed by atoms with van der Waals surface area (Å²) in [6.07, 6.45) is 4.26. The Kier molecular flexibility index (Phi) is 7.53. The van der Waals surface area contributed by atoms with Gasteiger partial charge in [0.2, 0.25) is 0 Å². The number of anilines is 1. The van der Waals surface area contributed by atoms with Crippen LogP contribution in [0.5, 0.6) is 0 Å². The quantitative estimate of drug-likeness (QED) is 0.442. The average molecular weight is 500 g/mol. The van der Waals surface area contributed by atoms with Gasteiger partial charge in [-0.25, -0.2) is 9.37 Å². The van der Waals surface area contributed by atoms with Crippen LogP contribution >= 0.6 is 11.6 Å². The van der Waals surface area contributed by atoms with E-state index in [4.69, 9.17) is 17.3 Å². The summed E-state index contributed by atoms with van der Waals surface area (Å²) < 4.78 is 26.6. The molecule has 34 heavy (non-hydrogen) atoms. The number of hydrogen-bond donors (Lipinski definition) is 3. The van der Waals surface area contributed by atoms with Crippen molar-refractivity contribution < 1.29 is 18.8 Å². The highest BCUT2D eigenvalue weighted by Crippen LogP contribution is 2.31. The molecule has 0 spiro atoms. The second-order valence-electron chi connectivity index (χ2n) is 7.91. The van der Waals surface area contributed by atoms with Gasteiger partial charge in [-0.05, 0) is 69.8 Å². The summed E-state index contributed by atoms with van der Waals surface area (Å²) in [5, 5.41) is 12.8. The second-order valence-corrected chi connectivity index (χ2v) is 9.96. The number of rotatable bonds is 6. The lowest BCUT2D eigenvalue weighted by molar-refractivity contribution is 0.0912. The molecule has 3 aromatic rings. The molecule has 1 aromatic heterocycles. The normalized spacial score (nSPS) is 16.6. The number of allylic oxidation sites excluding steroid dienone is 1. The van der Waals surface area contributed by atoms with E-state index in [0.29, 0.717) is 39.6 Å². The number of benzene rings is 2. The highest BCUT2D eigenvalue weighted by atomic mass is 35.5. The van der Waals surface area contributed by atoms with Crippen molar-refractivity contribution in [3.8, 4) is 11.1 Å². The van der Waals surface area contributed by atoms with Crippen LogP contribution in [0.15, 0.2) is 60.8 Å². The number of nitrogen functional groups attached to an aromatic ring is 1. The maximum absolute atomic E-state index is 15.0. The van der Waals surface area contributed by atoms with E-state index in [1.54, 1.807) is 36.5 Å². The van der Waals surface area contributed by atoms with Gasteiger partial charge in [0.05, 0.1) is 18.2 Å². The predicted octanol–water partition coefficient (Wildman–Crippen LogP) is 4.12. The van der Waals surface area contributed by atoms with Crippen LogP contribution in [0.1, 0.15) is 33.9 Å². The monoisotopic (exact) mass is 499 g/mol. The van der Waals surface area contributed by atoms with Crippen molar-refractivity contribution in [2.24, 2.45) is 0 Å². The molecule has 0 radical (unpaired) electrons. The Balaban J connectivity index is 1.57. The number of carbonyl (C=O) groups is 1. The zero-order valence-electron chi connectivity index (χ0n) is 18.1.